The van der Waals surface area contributed by atoms with Gasteiger partial charge in [-0.25, -0.2) is 0 Å². The first-order valence-electron chi connectivity index (χ1n) is 6.91. The summed E-state index contributed by atoms with van der Waals surface area (Å²) in [4.78, 5) is 2.30. The predicted molar refractivity (Wildman–Crippen MR) is 87.0 cm³/mol. The van der Waals surface area contributed by atoms with Crippen LogP contribution in [0.2, 0.25) is 5.02 Å². The minimum Gasteiger partial charge on any atom is -0.399 e. The van der Waals surface area contributed by atoms with Gasteiger partial charge < -0.3 is 10.6 Å². The maximum Gasteiger partial charge on any atom is 0.0451 e. The molecule has 2 aromatic rings. The average molecular weight is 289 g/mol. The molecule has 106 valence electrons. The highest BCUT2D eigenvalue weighted by Crippen LogP contribution is 2.16. The van der Waals surface area contributed by atoms with E-state index in [1.54, 1.807) is 0 Å². The third kappa shape index (κ3) is 4.55. The zero-order valence-electron chi connectivity index (χ0n) is 11.8. The van der Waals surface area contributed by atoms with E-state index in [0.29, 0.717) is 0 Å². The molecule has 0 saturated carbocycles. The lowest BCUT2D eigenvalue weighted by atomic mass is 10.1. The number of aryl methyl sites for hydroxylation is 1. The number of hydrogen-bond acceptors (Lipinski definition) is 2. The van der Waals surface area contributed by atoms with E-state index in [4.69, 9.17) is 17.3 Å². The Morgan fingerprint density at radius 3 is 2.65 bits per heavy atom. The van der Waals surface area contributed by atoms with Crippen LogP contribution in [0.25, 0.3) is 0 Å². The molecule has 20 heavy (non-hydrogen) atoms. The smallest absolute Gasteiger partial charge is 0.0451 e. The Morgan fingerprint density at radius 1 is 1.10 bits per heavy atom. The van der Waals surface area contributed by atoms with Crippen LogP contribution in [0.1, 0.15) is 17.5 Å². The average Bonchev–Trinajstić information content (AvgIpc) is 2.41. The molecule has 2 nitrogen and oxygen atoms in total. The standard InChI is InChI=1S/C17H21ClN2/c1-20(13-15-8-2-3-10-17(15)18)11-5-7-14-6-4-9-16(19)12-14/h2-4,6,8-10,12H,5,7,11,13,19H2,1H3. The molecule has 3 heteroatoms. The van der Waals surface area contributed by atoms with Crippen molar-refractivity contribution < 1.29 is 0 Å². The van der Waals surface area contributed by atoms with E-state index in [9.17, 15) is 0 Å². The molecule has 0 aromatic heterocycles. The third-order valence-electron chi connectivity index (χ3n) is 3.35. The van der Waals surface area contributed by atoms with E-state index in [-0.39, 0.29) is 0 Å². The molecule has 0 aliphatic heterocycles. The van der Waals surface area contributed by atoms with Crippen molar-refractivity contribution in [1.29, 1.82) is 0 Å². The van der Waals surface area contributed by atoms with Crippen LogP contribution in [-0.4, -0.2) is 18.5 Å². The van der Waals surface area contributed by atoms with Crippen LogP contribution in [0.4, 0.5) is 5.69 Å². The molecule has 0 saturated heterocycles. The van der Waals surface area contributed by atoms with Crippen molar-refractivity contribution in [2.75, 3.05) is 19.3 Å². The van der Waals surface area contributed by atoms with Crippen molar-refractivity contribution in [3.63, 3.8) is 0 Å². The highest BCUT2D eigenvalue weighted by atomic mass is 35.5. The Balaban J connectivity index is 1.78. The molecule has 0 atom stereocenters. The van der Waals surface area contributed by atoms with Crippen LogP contribution in [0.15, 0.2) is 48.5 Å². The second-order valence-electron chi connectivity index (χ2n) is 5.18. The molecule has 0 bridgehead atoms. The first-order chi connectivity index (χ1) is 9.65. The van der Waals surface area contributed by atoms with Gasteiger partial charge in [-0.15, -0.1) is 0 Å². The van der Waals surface area contributed by atoms with Crippen LogP contribution >= 0.6 is 11.6 Å². The Labute approximate surface area is 126 Å². The molecule has 0 unspecified atom stereocenters. The second-order valence-corrected chi connectivity index (χ2v) is 5.58. The number of rotatable bonds is 6. The van der Waals surface area contributed by atoms with Crippen molar-refractivity contribution in [1.82, 2.24) is 4.90 Å². The number of benzene rings is 2. The first-order valence-corrected chi connectivity index (χ1v) is 7.29. The van der Waals surface area contributed by atoms with Crippen molar-refractivity contribution in [2.24, 2.45) is 0 Å². The summed E-state index contributed by atoms with van der Waals surface area (Å²) in [6.45, 7) is 1.93. The maximum absolute atomic E-state index is 6.18. The third-order valence-corrected chi connectivity index (χ3v) is 3.72. The molecule has 2 aromatic carbocycles. The molecule has 0 aliphatic carbocycles. The van der Waals surface area contributed by atoms with Crippen LogP contribution in [0.5, 0.6) is 0 Å². The molecule has 2 rings (SSSR count). The summed E-state index contributed by atoms with van der Waals surface area (Å²) in [5.74, 6) is 0. The van der Waals surface area contributed by atoms with Crippen molar-refractivity contribution in [2.45, 2.75) is 19.4 Å². The van der Waals surface area contributed by atoms with Crippen molar-refractivity contribution in [3.05, 3.63) is 64.7 Å². The molecular weight excluding hydrogens is 268 g/mol. The summed E-state index contributed by atoms with van der Waals surface area (Å²) in [6.07, 6.45) is 2.17. The number of nitrogens with zero attached hydrogens (tertiary/aromatic N) is 1. The SMILES string of the molecule is CN(CCCc1cccc(N)c1)Cc1ccccc1Cl. The van der Waals surface area contributed by atoms with Gasteiger partial charge in [-0.2, -0.15) is 0 Å². The minimum absolute atomic E-state index is 0.840. The number of halogens is 1. The van der Waals surface area contributed by atoms with E-state index < -0.39 is 0 Å². The predicted octanol–water partition coefficient (Wildman–Crippen LogP) is 3.99. The summed E-state index contributed by atoms with van der Waals surface area (Å²) in [5, 5.41) is 0.843. The van der Waals surface area contributed by atoms with Gasteiger partial charge in [0.05, 0.1) is 0 Å². The summed E-state index contributed by atoms with van der Waals surface area (Å²) in [7, 11) is 2.13. The van der Waals surface area contributed by atoms with Gasteiger partial charge in [-0.05, 0) is 55.8 Å². The van der Waals surface area contributed by atoms with Crippen LogP contribution < -0.4 is 5.73 Å². The number of hydrogen-bond donors (Lipinski definition) is 1. The molecule has 0 fully saturated rings. The van der Waals surface area contributed by atoms with Crippen LogP contribution in [0.3, 0.4) is 0 Å². The van der Waals surface area contributed by atoms with Crippen molar-refractivity contribution >= 4 is 17.3 Å². The lowest BCUT2D eigenvalue weighted by Gasteiger charge is -2.17. The summed E-state index contributed by atoms with van der Waals surface area (Å²) in [5.41, 5.74) is 9.11. The lowest BCUT2D eigenvalue weighted by Crippen LogP contribution is -2.19. The lowest BCUT2D eigenvalue weighted by molar-refractivity contribution is 0.322. The van der Waals surface area contributed by atoms with E-state index in [1.807, 2.05) is 36.4 Å². The number of nitrogen functional groups attached to an aromatic ring is 1. The Bertz CT molecular complexity index is 554. The largest absolute Gasteiger partial charge is 0.399 e. The minimum atomic E-state index is 0.840. The van der Waals surface area contributed by atoms with Gasteiger partial charge in [0, 0.05) is 17.3 Å². The Morgan fingerprint density at radius 2 is 1.90 bits per heavy atom. The maximum atomic E-state index is 6.18. The fourth-order valence-electron chi connectivity index (χ4n) is 2.30. The van der Waals surface area contributed by atoms with Gasteiger partial charge in [0.25, 0.3) is 0 Å². The normalized spacial score (nSPS) is 10.9. The molecule has 0 radical (unpaired) electrons. The Kier molecular flexibility index (Phi) is 5.45. The fraction of sp³-hybridized carbons (Fsp3) is 0.294. The molecule has 0 heterocycles. The van der Waals surface area contributed by atoms with Gasteiger partial charge in [-0.3, -0.25) is 0 Å². The monoisotopic (exact) mass is 288 g/mol. The van der Waals surface area contributed by atoms with Gasteiger partial charge in [-0.1, -0.05) is 41.9 Å². The summed E-state index contributed by atoms with van der Waals surface area (Å²) in [6, 6.07) is 16.1. The molecule has 0 spiro atoms. The molecule has 2 N–H and O–H groups in total. The topological polar surface area (TPSA) is 29.3 Å². The molecule has 0 amide bonds. The number of nitrogens with two attached hydrogens (primary N) is 1. The fourth-order valence-corrected chi connectivity index (χ4v) is 2.49. The van der Waals surface area contributed by atoms with E-state index in [0.717, 1.165) is 36.6 Å². The quantitative estimate of drug-likeness (QED) is 0.815. The van der Waals surface area contributed by atoms with Crippen molar-refractivity contribution in [3.8, 4) is 0 Å². The van der Waals surface area contributed by atoms with E-state index >= 15 is 0 Å². The van der Waals surface area contributed by atoms with Gasteiger partial charge in [0.1, 0.15) is 0 Å². The molecule has 0 aliphatic rings. The van der Waals surface area contributed by atoms with E-state index in [2.05, 4.69) is 24.1 Å². The highest BCUT2D eigenvalue weighted by Gasteiger charge is 2.04. The summed E-state index contributed by atoms with van der Waals surface area (Å²) >= 11 is 6.18. The zero-order chi connectivity index (χ0) is 14.4. The van der Waals surface area contributed by atoms with Crippen LogP contribution in [0, 0.1) is 0 Å². The number of anilines is 1. The zero-order valence-corrected chi connectivity index (χ0v) is 12.6. The highest BCUT2D eigenvalue weighted by molar-refractivity contribution is 6.31. The summed E-state index contributed by atoms with van der Waals surface area (Å²) < 4.78 is 0. The second kappa shape index (κ2) is 7.32. The van der Waals surface area contributed by atoms with Gasteiger partial charge in [0.2, 0.25) is 0 Å². The van der Waals surface area contributed by atoms with Gasteiger partial charge >= 0.3 is 0 Å². The van der Waals surface area contributed by atoms with Gasteiger partial charge in [0.15, 0.2) is 0 Å². The van der Waals surface area contributed by atoms with E-state index in [1.165, 1.54) is 11.1 Å². The van der Waals surface area contributed by atoms with Crippen LogP contribution in [-0.2, 0) is 13.0 Å². The first kappa shape index (κ1) is 14.9. The molecular formula is C17H21ClN2. The Hall–Kier alpha value is -1.51.